The van der Waals surface area contributed by atoms with E-state index in [2.05, 4.69) is 16.9 Å². The van der Waals surface area contributed by atoms with Crippen LogP contribution in [0, 0.1) is 0 Å². The molecular weight excluding hydrogens is 402 g/mol. The zero-order valence-corrected chi connectivity index (χ0v) is 17.3. The second-order valence-electron chi connectivity index (χ2n) is 7.29. The summed E-state index contributed by atoms with van der Waals surface area (Å²) in [5.74, 6) is -0.0906. The second-order valence-corrected chi connectivity index (χ2v) is 7.29. The Balaban J connectivity index is 1.44. The Hall–Kier alpha value is -3.22. The summed E-state index contributed by atoms with van der Waals surface area (Å²) in [5, 5.41) is 0. The first-order chi connectivity index (χ1) is 15.0. The summed E-state index contributed by atoms with van der Waals surface area (Å²) >= 11 is 0. The van der Waals surface area contributed by atoms with Crippen molar-refractivity contribution >= 4 is 17.9 Å². The van der Waals surface area contributed by atoms with Crippen LogP contribution < -0.4 is 4.74 Å². The first-order valence-electron chi connectivity index (χ1n) is 10.4. The van der Waals surface area contributed by atoms with E-state index in [-0.39, 0.29) is 17.6 Å². The maximum absolute atomic E-state index is 12.5. The summed E-state index contributed by atoms with van der Waals surface area (Å²) in [7, 11) is 0. The predicted molar refractivity (Wildman–Crippen MR) is 115 cm³/mol. The van der Waals surface area contributed by atoms with Crippen LogP contribution in [0.1, 0.15) is 24.0 Å². The van der Waals surface area contributed by atoms with Crippen LogP contribution in [0.25, 0.3) is 6.08 Å². The molecule has 1 aliphatic heterocycles. The lowest BCUT2D eigenvalue weighted by Crippen LogP contribution is -2.50. The molecule has 1 saturated heterocycles. The van der Waals surface area contributed by atoms with Crippen molar-refractivity contribution < 1.29 is 23.1 Å². The van der Waals surface area contributed by atoms with Crippen molar-refractivity contribution in [3.8, 4) is 5.75 Å². The highest BCUT2D eigenvalue weighted by molar-refractivity contribution is 5.92. The van der Waals surface area contributed by atoms with Gasteiger partial charge in [0.2, 0.25) is 11.8 Å². The van der Waals surface area contributed by atoms with Gasteiger partial charge >= 0.3 is 6.61 Å². The van der Waals surface area contributed by atoms with Crippen molar-refractivity contribution in [1.29, 1.82) is 0 Å². The van der Waals surface area contributed by atoms with Crippen LogP contribution in [0.4, 0.5) is 8.78 Å². The smallest absolute Gasteiger partial charge is 0.387 e. The molecule has 0 aromatic heterocycles. The van der Waals surface area contributed by atoms with Crippen LogP contribution in [0.2, 0.25) is 0 Å². The fourth-order valence-corrected chi connectivity index (χ4v) is 3.51. The molecule has 0 spiro atoms. The lowest BCUT2D eigenvalue weighted by Gasteiger charge is -2.34. The highest BCUT2D eigenvalue weighted by Crippen LogP contribution is 2.21. The van der Waals surface area contributed by atoms with Gasteiger partial charge in [-0.3, -0.25) is 9.59 Å². The molecule has 0 atom stereocenters. The molecule has 0 bridgehead atoms. The van der Waals surface area contributed by atoms with E-state index < -0.39 is 6.61 Å². The Morgan fingerprint density at radius 1 is 0.935 bits per heavy atom. The normalized spacial score (nSPS) is 14.3. The van der Waals surface area contributed by atoms with Crippen molar-refractivity contribution in [3.63, 3.8) is 0 Å². The van der Waals surface area contributed by atoms with Gasteiger partial charge < -0.3 is 14.5 Å². The standard InChI is InChI=1S/C24H26F2N2O3/c25-24(26)31-21-11-5-4-10-20(21)13-14-23(30)28-17-15-27(16-18-28)22(29)12-6-9-19-7-2-1-3-8-19/h1-5,7-8,10-11,13-14,24H,6,9,12,15-18H2/b14-13+. The zero-order chi connectivity index (χ0) is 22.1. The predicted octanol–water partition coefficient (Wildman–Crippen LogP) is 3.99. The Bertz CT molecular complexity index is 895. The Kier molecular flexibility index (Phi) is 8.15. The van der Waals surface area contributed by atoms with Gasteiger partial charge in [0, 0.05) is 44.2 Å². The minimum atomic E-state index is -2.93. The molecule has 2 aromatic rings. The quantitative estimate of drug-likeness (QED) is 0.598. The second kappa shape index (κ2) is 11.2. The van der Waals surface area contributed by atoms with E-state index >= 15 is 0 Å². The number of halogens is 2. The number of amides is 2. The summed E-state index contributed by atoms with van der Waals surface area (Å²) in [6, 6.07) is 16.4. The molecule has 1 fully saturated rings. The molecular formula is C24H26F2N2O3. The maximum Gasteiger partial charge on any atom is 0.387 e. The third-order valence-corrected chi connectivity index (χ3v) is 5.18. The molecule has 1 heterocycles. The molecule has 7 heteroatoms. The molecule has 164 valence electrons. The number of carbonyl (C=O) groups excluding carboxylic acids is 2. The molecule has 0 N–H and O–H groups in total. The highest BCUT2D eigenvalue weighted by Gasteiger charge is 2.22. The van der Waals surface area contributed by atoms with Crippen LogP contribution in [0.15, 0.2) is 60.7 Å². The summed E-state index contributed by atoms with van der Waals surface area (Å²) in [6.45, 7) is -1.04. The Morgan fingerprint density at radius 3 is 2.29 bits per heavy atom. The number of piperazine rings is 1. The Morgan fingerprint density at radius 2 is 1.58 bits per heavy atom. The van der Waals surface area contributed by atoms with Crippen molar-refractivity contribution in [2.45, 2.75) is 25.9 Å². The van der Waals surface area contributed by atoms with Crippen LogP contribution in [-0.2, 0) is 16.0 Å². The van der Waals surface area contributed by atoms with Crippen molar-refractivity contribution in [1.82, 2.24) is 9.80 Å². The number of rotatable bonds is 8. The Labute approximate surface area is 180 Å². The fraction of sp³-hybridized carbons (Fsp3) is 0.333. The number of para-hydroxylation sites is 1. The fourth-order valence-electron chi connectivity index (χ4n) is 3.51. The third-order valence-electron chi connectivity index (χ3n) is 5.18. The minimum Gasteiger partial charge on any atom is -0.434 e. The number of hydrogen-bond acceptors (Lipinski definition) is 3. The first kappa shape index (κ1) is 22.5. The molecule has 2 aromatic carbocycles. The van der Waals surface area contributed by atoms with E-state index in [0.717, 1.165) is 12.8 Å². The number of hydrogen-bond donors (Lipinski definition) is 0. The van der Waals surface area contributed by atoms with Crippen LogP contribution in [0.3, 0.4) is 0 Å². The summed E-state index contributed by atoms with van der Waals surface area (Å²) in [4.78, 5) is 28.3. The van der Waals surface area contributed by atoms with E-state index in [4.69, 9.17) is 0 Å². The van der Waals surface area contributed by atoms with Gasteiger partial charge in [-0.2, -0.15) is 8.78 Å². The number of nitrogens with zero attached hydrogens (tertiary/aromatic N) is 2. The maximum atomic E-state index is 12.5. The molecule has 0 radical (unpaired) electrons. The van der Waals surface area contributed by atoms with Crippen molar-refractivity contribution in [3.05, 3.63) is 71.8 Å². The minimum absolute atomic E-state index is 0.0208. The van der Waals surface area contributed by atoms with E-state index in [9.17, 15) is 18.4 Å². The first-order valence-corrected chi connectivity index (χ1v) is 10.4. The van der Waals surface area contributed by atoms with E-state index in [1.54, 1.807) is 28.0 Å². The third kappa shape index (κ3) is 6.91. The van der Waals surface area contributed by atoms with Crippen LogP contribution >= 0.6 is 0 Å². The monoisotopic (exact) mass is 428 g/mol. The van der Waals surface area contributed by atoms with Gasteiger partial charge in [0.25, 0.3) is 0 Å². The van der Waals surface area contributed by atoms with Crippen LogP contribution in [-0.4, -0.2) is 54.4 Å². The van der Waals surface area contributed by atoms with Gasteiger partial charge in [0.05, 0.1) is 0 Å². The van der Waals surface area contributed by atoms with Gasteiger partial charge in [-0.05, 0) is 30.5 Å². The molecule has 2 amide bonds. The molecule has 5 nitrogen and oxygen atoms in total. The topological polar surface area (TPSA) is 49.9 Å². The lowest BCUT2D eigenvalue weighted by atomic mass is 10.1. The molecule has 31 heavy (non-hydrogen) atoms. The number of alkyl halides is 2. The van der Waals surface area contributed by atoms with E-state index in [1.807, 2.05) is 18.2 Å². The summed E-state index contributed by atoms with van der Waals surface area (Å²) in [5.41, 5.74) is 1.63. The zero-order valence-electron chi connectivity index (χ0n) is 17.3. The molecule has 1 aliphatic rings. The largest absolute Gasteiger partial charge is 0.434 e. The van der Waals surface area contributed by atoms with Gasteiger partial charge in [-0.25, -0.2) is 0 Å². The number of benzene rings is 2. The van der Waals surface area contributed by atoms with Gasteiger partial charge in [-0.15, -0.1) is 0 Å². The van der Waals surface area contributed by atoms with Gasteiger partial charge in [0.1, 0.15) is 5.75 Å². The summed E-state index contributed by atoms with van der Waals surface area (Å²) in [6.07, 6.45) is 4.98. The molecule has 0 unspecified atom stereocenters. The van der Waals surface area contributed by atoms with E-state index in [0.29, 0.717) is 38.2 Å². The molecule has 3 rings (SSSR count). The van der Waals surface area contributed by atoms with Crippen molar-refractivity contribution in [2.24, 2.45) is 0 Å². The molecule has 0 saturated carbocycles. The average molecular weight is 428 g/mol. The SMILES string of the molecule is O=C(/C=C/c1ccccc1OC(F)F)N1CCN(C(=O)CCCc2ccccc2)CC1. The van der Waals surface area contributed by atoms with Gasteiger partial charge in [-0.1, -0.05) is 48.5 Å². The van der Waals surface area contributed by atoms with Crippen LogP contribution in [0.5, 0.6) is 5.75 Å². The van der Waals surface area contributed by atoms with Gasteiger partial charge in [0.15, 0.2) is 0 Å². The van der Waals surface area contributed by atoms with Crippen molar-refractivity contribution in [2.75, 3.05) is 26.2 Å². The average Bonchev–Trinajstić information content (AvgIpc) is 2.78. The highest BCUT2D eigenvalue weighted by atomic mass is 19.3. The number of ether oxygens (including phenoxy) is 1. The number of aryl methyl sites for hydroxylation is 1. The lowest BCUT2D eigenvalue weighted by molar-refractivity contribution is -0.137. The number of carbonyl (C=O) groups is 2. The summed E-state index contributed by atoms with van der Waals surface area (Å²) < 4.78 is 29.5. The van der Waals surface area contributed by atoms with E-state index in [1.165, 1.54) is 23.8 Å². The molecule has 0 aliphatic carbocycles.